The van der Waals surface area contributed by atoms with Crippen molar-refractivity contribution in [1.82, 2.24) is 15.0 Å². The van der Waals surface area contributed by atoms with Crippen molar-refractivity contribution in [2.45, 2.75) is 50.5 Å². The van der Waals surface area contributed by atoms with E-state index in [4.69, 9.17) is 23.7 Å². The monoisotopic (exact) mass is 401 g/mol. The van der Waals surface area contributed by atoms with Crippen LogP contribution in [0.4, 0.5) is 0 Å². The van der Waals surface area contributed by atoms with Gasteiger partial charge >= 0.3 is 0 Å². The van der Waals surface area contributed by atoms with Crippen LogP contribution < -0.4 is 9.47 Å². The van der Waals surface area contributed by atoms with Crippen LogP contribution in [0.25, 0.3) is 0 Å². The predicted molar refractivity (Wildman–Crippen MR) is 109 cm³/mol. The highest BCUT2D eigenvalue weighted by molar-refractivity contribution is 5.38. The van der Waals surface area contributed by atoms with Gasteiger partial charge in [0.25, 0.3) is 0 Å². The number of likely N-dealkylation sites (tertiary alicyclic amines) is 1. The number of hydrogen-bond acceptors (Lipinski definition) is 7. The fraction of sp³-hybridized carbons (Fsp3) is 0.636. The molecule has 158 valence electrons. The number of nitrogens with zero attached hydrogens (tertiary/aromatic N) is 3. The SMILES string of the molecule is COc1cc(CN2CCC(C)(c3noc(C4CCOCC4)n3)CC2)cc(OC)c1. The van der Waals surface area contributed by atoms with Gasteiger partial charge in [0.05, 0.1) is 14.2 Å². The molecule has 2 fully saturated rings. The Labute approximate surface area is 172 Å². The second-order valence-corrected chi connectivity index (χ2v) is 8.40. The Hall–Kier alpha value is -2.12. The largest absolute Gasteiger partial charge is 0.497 e. The zero-order valence-corrected chi connectivity index (χ0v) is 17.6. The fourth-order valence-corrected chi connectivity index (χ4v) is 4.23. The number of rotatable bonds is 6. The van der Waals surface area contributed by atoms with E-state index in [2.05, 4.69) is 29.1 Å². The number of aromatic nitrogens is 2. The predicted octanol–water partition coefficient (Wildman–Crippen LogP) is 3.53. The summed E-state index contributed by atoms with van der Waals surface area (Å²) < 4.78 is 21.9. The molecule has 2 saturated heterocycles. The van der Waals surface area contributed by atoms with E-state index in [0.29, 0.717) is 5.92 Å². The Morgan fingerprint density at radius 2 is 1.72 bits per heavy atom. The van der Waals surface area contributed by atoms with Gasteiger partial charge in [-0.3, -0.25) is 4.90 Å². The minimum Gasteiger partial charge on any atom is -0.497 e. The van der Waals surface area contributed by atoms with E-state index in [9.17, 15) is 0 Å². The maximum absolute atomic E-state index is 5.64. The van der Waals surface area contributed by atoms with Gasteiger partial charge in [0.1, 0.15) is 11.5 Å². The summed E-state index contributed by atoms with van der Waals surface area (Å²) in [7, 11) is 3.37. The van der Waals surface area contributed by atoms with E-state index < -0.39 is 0 Å². The minimum atomic E-state index is -0.0323. The molecular weight excluding hydrogens is 370 g/mol. The summed E-state index contributed by atoms with van der Waals surface area (Å²) in [5.41, 5.74) is 1.17. The standard InChI is InChI=1S/C22H31N3O4/c1-22(21-23-20(29-24-21)17-4-10-28-11-5-17)6-8-25(9-7-22)15-16-12-18(26-2)14-19(13-16)27-3/h12-14,17H,4-11,15H2,1-3H3. The van der Waals surface area contributed by atoms with E-state index in [1.807, 2.05) is 6.07 Å². The Bertz CT molecular complexity index is 786. The molecule has 2 aliphatic rings. The van der Waals surface area contributed by atoms with Gasteiger partial charge in [0.2, 0.25) is 5.89 Å². The summed E-state index contributed by atoms with van der Waals surface area (Å²) in [6.07, 6.45) is 3.97. The number of hydrogen-bond donors (Lipinski definition) is 0. The molecule has 0 radical (unpaired) electrons. The van der Waals surface area contributed by atoms with Crippen molar-refractivity contribution in [3.8, 4) is 11.5 Å². The first kappa shape index (κ1) is 20.2. The van der Waals surface area contributed by atoms with Crippen LogP contribution in [0.15, 0.2) is 22.7 Å². The molecule has 0 bridgehead atoms. The van der Waals surface area contributed by atoms with Gasteiger partial charge < -0.3 is 18.7 Å². The van der Waals surface area contributed by atoms with Gasteiger partial charge in [-0.05, 0) is 56.5 Å². The number of piperidine rings is 1. The van der Waals surface area contributed by atoms with E-state index in [-0.39, 0.29) is 5.41 Å². The third-order valence-corrected chi connectivity index (χ3v) is 6.33. The first-order valence-corrected chi connectivity index (χ1v) is 10.5. The second-order valence-electron chi connectivity index (χ2n) is 8.40. The highest BCUT2D eigenvalue weighted by Crippen LogP contribution is 2.36. The van der Waals surface area contributed by atoms with Crippen LogP contribution in [0.3, 0.4) is 0 Å². The summed E-state index contributed by atoms with van der Waals surface area (Å²) >= 11 is 0. The maximum Gasteiger partial charge on any atom is 0.229 e. The highest BCUT2D eigenvalue weighted by atomic mass is 16.5. The summed E-state index contributed by atoms with van der Waals surface area (Å²) in [4.78, 5) is 7.27. The molecular formula is C22H31N3O4. The van der Waals surface area contributed by atoms with Crippen LogP contribution >= 0.6 is 0 Å². The van der Waals surface area contributed by atoms with Gasteiger partial charge in [0, 0.05) is 37.2 Å². The first-order valence-electron chi connectivity index (χ1n) is 10.5. The lowest BCUT2D eigenvalue weighted by Crippen LogP contribution is -2.41. The number of benzene rings is 1. The average molecular weight is 402 g/mol. The second kappa shape index (κ2) is 8.71. The Balaban J connectivity index is 1.38. The molecule has 2 aromatic rings. The Kier molecular flexibility index (Phi) is 6.06. The van der Waals surface area contributed by atoms with Crippen LogP contribution in [0, 0.1) is 0 Å². The van der Waals surface area contributed by atoms with E-state index in [0.717, 1.165) is 81.7 Å². The number of methoxy groups -OCH3 is 2. The molecule has 0 atom stereocenters. The van der Waals surface area contributed by atoms with E-state index in [1.165, 1.54) is 5.56 Å². The van der Waals surface area contributed by atoms with Crippen molar-refractivity contribution in [3.63, 3.8) is 0 Å². The van der Waals surface area contributed by atoms with Crippen molar-refractivity contribution in [1.29, 1.82) is 0 Å². The molecule has 0 spiro atoms. The quantitative estimate of drug-likeness (QED) is 0.733. The molecule has 3 heterocycles. The van der Waals surface area contributed by atoms with Gasteiger partial charge in [-0.15, -0.1) is 0 Å². The molecule has 0 amide bonds. The van der Waals surface area contributed by atoms with Gasteiger partial charge in [-0.1, -0.05) is 12.1 Å². The summed E-state index contributed by atoms with van der Waals surface area (Å²) in [5, 5.41) is 4.36. The minimum absolute atomic E-state index is 0.0323. The highest BCUT2D eigenvalue weighted by Gasteiger charge is 2.37. The zero-order chi connectivity index (χ0) is 20.3. The van der Waals surface area contributed by atoms with E-state index in [1.54, 1.807) is 14.2 Å². The van der Waals surface area contributed by atoms with Gasteiger partial charge in [-0.2, -0.15) is 4.98 Å². The van der Waals surface area contributed by atoms with Crippen LogP contribution in [0.5, 0.6) is 11.5 Å². The van der Waals surface area contributed by atoms with Crippen LogP contribution in [0.2, 0.25) is 0 Å². The smallest absolute Gasteiger partial charge is 0.229 e. The van der Waals surface area contributed by atoms with Crippen LogP contribution in [-0.2, 0) is 16.7 Å². The molecule has 1 aromatic carbocycles. The molecule has 2 aliphatic heterocycles. The topological polar surface area (TPSA) is 69.9 Å². The molecule has 0 N–H and O–H groups in total. The van der Waals surface area contributed by atoms with E-state index >= 15 is 0 Å². The summed E-state index contributed by atoms with van der Waals surface area (Å²) in [6, 6.07) is 6.06. The molecule has 0 saturated carbocycles. The van der Waals surface area contributed by atoms with Gasteiger partial charge in [0.15, 0.2) is 5.82 Å². The van der Waals surface area contributed by atoms with Crippen molar-refractivity contribution < 1.29 is 18.7 Å². The van der Waals surface area contributed by atoms with Crippen molar-refractivity contribution in [2.24, 2.45) is 0 Å². The lowest BCUT2D eigenvalue weighted by Gasteiger charge is -2.37. The molecule has 7 nitrogen and oxygen atoms in total. The zero-order valence-electron chi connectivity index (χ0n) is 17.6. The molecule has 29 heavy (non-hydrogen) atoms. The normalized spacial score (nSPS) is 20.5. The average Bonchev–Trinajstić information content (AvgIpc) is 3.27. The molecule has 4 rings (SSSR count). The molecule has 7 heteroatoms. The van der Waals surface area contributed by atoms with Crippen molar-refractivity contribution in [2.75, 3.05) is 40.5 Å². The Morgan fingerprint density at radius 3 is 2.34 bits per heavy atom. The lowest BCUT2D eigenvalue weighted by molar-refractivity contribution is 0.0778. The Morgan fingerprint density at radius 1 is 1.07 bits per heavy atom. The first-order chi connectivity index (χ1) is 14.1. The number of ether oxygens (including phenoxy) is 3. The van der Waals surface area contributed by atoms with Crippen LogP contribution in [-0.4, -0.2) is 55.6 Å². The molecule has 0 aliphatic carbocycles. The van der Waals surface area contributed by atoms with Crippen LogP contribution in [0.1, 0.15) is 55.8 Å². The fourth-order valence-electron chi connectivity index (χ4n) is 4.23. The maximum atomic E-state index is 5.64. The summed E-state index contributed by atoms with van der Waals surface area (Å²) in [5.74, 6) is 3.65. The molecule has 0 unspecified atom stereocenters. The van der Waals surface area contributed by atoms with Crippen molar-refractivity contribution >= 4 is 0 Å². The third kappa shape index (κ3) is 4.56. The third-order valence-electron chi connectivity index (χ3n) is 6.33. The molecule has 1 aromatic heterocycles. The van der Waals surface area contributed by atoms with Crippen molar-refractivity contribution in [3.05, 3.63) is 35.5 Å². The lowest BCUT2D eigenvalue weighted by atomic mass is 9.79. The summed E-state index contributed by atoms with van der Waals surface area (Å²) in [6.45, 7) is 6.70. The van der Waals surface area contributed by atoms with Gasteiger partial charge in [-0.25, -0.2) is 0 Å².